The number of carbonyl (C=O) groups is 2. The lowest BCUT2D eigenvalue weighted by Gasteiger charge is -2.06. The Morgan fingerprint density at radius 2 is 0.600 bits per heavy atom. The highest BCUT2D eigenvalue weighted by molar-refractivity contribution is 5.69. The molecule has 0 aliphatic rings. The summed E-state index contributed by atoms with van der Waals surface area (Å²) in [5, 5.41) is 8.66. The zero-order chi connectivity index (χ0) is 39.8. The first-order valence-electron chi connectivity index (χ1n) is 25.2. The minimum Gasteiger partial charge on any atom is -0.481 e. The summed E-state index contributed by atoms with van der Waals surface area (Å²) in [5.41, 5.74) is 0. The quantitative estimate of drug-likeness (QED) is 0.0380. The molecule has 0 aromatic carbocycles. The van der Waals surface area contributed by atoms with Gasteiger partial charge in [-0.15, -0.1) is 0 Å². The fourth-order valence-corrected chi connectivity index (χ4v) is 7.93. The summed E-state index contributed by atoms with van der Waals surface area (Å²) in [6.07, 6.45) is 63.0. The van der Waals surface area contributed by atoms with E-state index in [9.17, 15) is 9.59 Å². The summed E-state index contributed by atoms with van der Waals surface area (Å²) >= 11 is 0. The number of aliphatic carboxylic acids is 1. The van der Waals surface area contributed by atoms with Crippen LogP contribution in [0.5, 0.6) is 0 Å². The van der Waals surface area contributed by atoms with Crippen molar-refractivity contribution in [3.05, 3.63) is 12.2 Å². The van der Waals surface area contributed by atoms with Crippen molar-refractivity contribution in [1.82, 2.24) is 0 Å². The number of carboxylic acid groups (broad SMARTS) is 1. The van der Waals surface area contributed by atoms with E-state index in [1.807, 2.05) is 0 Å². The molecule has 0 saturated heterocycles. The average Bonchev–Trinajstić information content (AvgIpc) is 3.18. The van der Waals surface area contributed by atoms with Crippen molar-refractivity contribution in [2.75, 3.05) is 6.61 Å². The van der Waals surface area contributed by atoms with E-state index in [4.69, 9.17) is 9.84 Å². The summed E-state index contributed by atoms with van der Waals surface area (Å²) < 4.78 is 5.46. The fraction of sp³-hybridized carbons (Fsp3) is 0.922. The second-order valence-corrected chi connectivity index (χ2v) is 17.3. The Hall–Kier alpha value is -1.32. The molecule has 0 spiro atoms. The number of unbranched alkanes of at least 4 members (excludes halogenated alkanes) is 40. The van der Waals surface area contributed by atoms with Crippen LogP contribution in [-0.2, 0) is 14.3 Å². The highest BCUT2D eigenvalue weighted by Gasteiger charge is 2.03. The van der Waals surface area contributed by atoms with Gasteiger partial charge in [0.15, 0.2) is 0 Å². The van der Waals surface area contributed by atoms with E-state index in [2.05, 4.69) is 19.1 Å². The molecule has 4 nitrogen and oxygen atoms in total. The number of ether oxygens (including phenoxy) is 1. The molecular weight excluding hydrogens is 677 g/mol. The maximum atomic E-state index is 12.0. The molecule has 0 aromatic heterocycles. The van der Waals surface area contributed by atoms with Crippen molar-refractivity contribution in [3.8, 4) is 0 Å². The summed E-state index contributed by atoms with van der Waals surface area (Å²) in [6, 6.07) is 0. The summed E-state index contributed by atoms with van der Waals surface area (Å²) in [6.45, 7) is 2.89. The second kappa shape index (κ2) is 48.8. The van der Waals surface area contributed by atoms with E-state index in [0.717, 1.165) is 32.1 Å². The maximum absolute atomic E-state index is 12.0. The molecule has 1 N–H and O–H groups in total. The number of carboxylic acids is 1. The van der Waals surface area contributed by atoms with Crippen LogP contribution in [0.2, 0.25) is 0 Å². The molecule has 0 rings (SSSR count). The normalized spacial score (nSPS) is 11.6. The SMILES string of the molecule is CCCCCC/C=C\CCCCCCCC(=O)OCCCCCCCCCCCCCCCCCCCCCCCCCCCCCCCCCCC(=O)O. The predicted octanol–water partition coefficient (Wildman–Crippen LogP) is 17.7. The number of carbonyl (C=O) groups excluding carboxylic acids is 1. The Kier molecular flexibility index (Phi) is 47.7. The Morgan fingerprint density at radius 1 is 0.345 bits per heavy atom. The van der Waals surface area contributed by atoms with E-state index in [0.29, 0.717) is 19.4 Å². The highest BCUT2D eigenvalue weighted by Crippen LogP contribution is 2.17. The van der Waals surface area contributed by atoms with E-state index in [1.165, 1.54) is 244 Å². The number of hydrogen-bond acceptors (Lipinski definition) is 3. The van der Waals surface area contributed by atoms with Gasteiger partial charge in [0.05, 0.1) is 6.61 Å². The molecule has 0 aromatic rings. The molecule has 0 bridgehead atoms. The van der Waals surface area contributed by atoms with Crippen molar-refractivity contribution in [2.45, 2.75) is 296 Å². The van der Waals surface area contributed by atoms with Crippen LogP contribution in [0.25, 0.3) is 0 Å². The van der Waals surface area contributed by atoms with Crippen LogP contribution in [0, 0.1) is 0 Å². The lowest BCUT2D eigenvalue weighted by Crippen LogP contribution is -2.05. The van der Waals surface area contributed by atoms with Gasteiger partial charge in [-0.2, -0.15) is 0 Å². The van der Waals surface area contributed by atoms with Gasteiger partial charge in [0.2, 0.25) is 0 Å². The molecule has 0 radical (unpaired) electrons. The number of hydrogen-bond donors (Lipinski definition) is 1. The maximum Gasteiger partial charge on any atom is 0.305 e. The molecule has 0 atom stereocenters. The van der Waals surface area contributed by atoms with Gasteiger partial charge < -0.3 is 9.84 Å². The van der Waals surface area contributed by atoms with Gasteiger partial charge in [-0.3, -0.25) is 9.59 Å². The van der Waals surface area contributed by atoms with Gasteiger partial charge in [0.1, 0.15) is 0 Å². The average molecular weight is 775 g/mol. The fourth-order valence-electron chi connectivity index (χ4n) is 7.93. The van der Waals surface area contributed by atoms with Crippen molar-refractivity contribution in [1.29, 1.82) is 0 Å². The van der Waals surface area contributed by atoms with E-state index < -0.39 is 5.97 Å². The van der Waals surface area contributed by atoms with Gasteiger partial charge in [-0.25, -0.2) is 0 Å². The van der Waals surface area contributed by atoms with Crippen molar-refractivity contribution >= 4 is 11.9 Å². The lowest BCUT2D eigenvalue weighted by atomic mass is 10.0. The molecule has 0 heterocycles. The van der Waals surface area contributed by atoms with E-state index in [-0.39, 0.29) is 5.97 Å². The number of allylic oxidation sites excluding steroid dienone is 2. The summed E-state index contributed by atoms with van der Waals surface area (Å²) in [7, 11) is 0. The highest BCUT2D eigenvalue weighted by atomic mass is 16.5. The van der Waals surface area contributed by atoms with Gasteiger partial charge in [0.25, 0.3) is 0 Å². The molecule has 326 valence electrons. The van der Waals surface area contributed by atoms with E-state index >= 15 is 0 Å². The molecule has 55 heavy (non-hydrogen) atoms. The molecule has 0 saturated carbocycles. The largest absolute Gasteiger partial charge is 0.481 e. The first-order chi connectivity index (χ1) is 27.2. The predicted molar refractivity (Wildman–Crippen MR) is 241 cm³/mol. The molecular formula is C51H98O4. The number of rotatable bonds is 48. The third-order valence-corrected chi connectivity index (χ3v) is 11.7. The van der Waals surface area contributed by atoms with Crippen molar-refractivity contribution < 1.29 is 19.4 Å². The van der Waals surface area contributed by atoms with Crippen LogP contribution in [0.15, 0.2) is 12.2 Å². The van der Waals surface area contributed by atoms with Crippen LogP contribution in [-0.4, -0.2) is 23.7 Å². The monoisotopic (exact) mass is 775 g/mol. The topological polar surface area (TPSA) is 63.6 Å². The zero-order valence-corrected chi connectivity index (χ0v) is 37.4. The molecule has 0 amide bonds. The van der Waals surface area contributed by atoms with Crippen LogP contribution >= 0.6 is 0 Å². The third-order valence-electron chi connectivity index (χ3n) is 11.7. The molecule has 0 unspecified atom stereocenters. The third kappa shape index (κ3) is 50.7. The first kappa shape index (κ1) is 53.7. The van der Waals surface area contributed by atoms with Crippen molar-refractivity contribution in [2.24, 2.45) is 0 Å². The van der Waals surface area contributed by atoms with Crippen molar-refractivity contribution in [3.63, 3.8) is 0 Å². The second-order valence-electron chi connectivity index (χ2n) is 17.3. The zero-order valence-electron chi connectivity index (χ0n) is 37.4. The van der Waals surface area contributed by atoms with Gasteiger partial charge in [-0.1, -0.05) is 250 Å². The Balaban J connectivity index is 3.14. The number of esters is 1. The minimum absolute atomic E-state index is 0.0138. The Labute approximate surface area is 345 Å². The minimum atomic E-state index is -0.652. The smallest absolute Gasteiger partial charge is 0.305 e. The molecule has 0 aliphatic heterocycles. The van der Waals surface area contributed by atoms with Gasteiger partial charge >= 0.3 is 11.9 Å². The summed E-state index contributed by atoms with van der Waals surface area (Å²) in [5.74, 6) is -0.638. The van der Waals surface area contributed by atoms with Crippen LogP contribution in [0.1, 0.15) is 296 Å². The van der Waals surface area contributed by atoms with Crippen LogP contribution in [0.3, 0.4) is 0 Å². The molecule has 0 fully saturated rings. The van der Waals surface area contributed by atoms with Gasteiger partial charge in [-0.05, 0) is 44.9 Å². The molecule has 4 heteroatoms. The Bertz CT molecular complexity index is 777. The van der Waals surface area contributed by atoms with Crippen LogP contribution < -0.4 is 0 Å². The molecule has 0 aliphatic carbocycles. The van der Waals surface area contributed by atoms with Gasteiger partial charge in [0, 0.05) is 12.8 Å². The van der Waals surface area contributed by atoms with E-state index in [1.54, 1.807) is 0 Å². The standard InChI is InChI=1S/C51H98O4/c1-2-3-4-5-6-7-8-29-33-36-39-42-45-48-51(54)55-49-46-43-40-37-34-31-28-26-24-22-20-18-16-14-12-10-9-11-13-15-17-19-21-23-25-27-30-32-35-38-41-44-47-50(52)53/h7-8H,2-6,9-49H2,1H3,(H,52,53)/b8-7-. The first-order valence-corrected chi connectivity index (χ1v) is 25.2. The lowest BCUT2D eigenvalue weighted by molar-refractivity contribution is -0.144. The summed E-state index contributed by atoms with van der Waals surface area (Å²) in [4.78, 5) is 22.5. The van der Waals surface area contributed by atoms with Crippen LogP contribution in [0.4, 0.5) is 0 Å². The Morgan fingerprint density at radius 3 is 0.909 bits per heavy atom.